The Morgan fingerprint density at radius 3 is 2.14 bits per heavy atom. The van der Waals surface area contributed by atoms with Crippen molar-refractivity contribution < 1.29 is 0 Å². The van der Waals surface area contributed by atoms with E-state index in [1.165, 1.54) is 85.9 Å². The Morgan fingerprint density at radius 1 is 1.00 bits per heavy atom. The van der Waals surface area contributed by atoms with Crippen LogP contribution in [0, 0.1) is 6.92 Å². The van der Waals surface area contributed by atoms with Gasteiger partial charge in [0.05, 0.1) is 11.1 Å². The minimum Gasteiger partial charge on any atom is -0.323 e. The molecule has 0 spiro atoms. The van der Waals surface area contributed by atoms with E-state index in [1.54, 1.807) is 17.6 Å². The van der Waals surface area contributed by atoms with Gasteiger partial charge in [0.15, 0.2) is 0 Å². The second kappa shape index (κ2) is 11.8. The van der Waals surface area contributed by atoms with Crippen molar-refractivity contribution in [2.75, 3.05) is 0 Å². The molecule has 0 saturated heterocycles. The fourth-order valence-electron chi connectivity index (χ4n) is 2.76. The summed E-state index contributed by atoms with van der Waals surface area (Å²) in [6.07, 6.45) is 16.9. The number of aryl methyl sites for hydroxylation is 2. The van der Waals surface area contributed by atoms with Crippen molar-refractivity contribution in [2.45, 2.75) is 84.5 Å². The molecule has 120 valence electrons. The summed E-state index contributed by atoms with van der Waals surface area (Å²) in [6.45, 7) is 4.43. The van der Waals surface area contributed by atoms with Crippen LogP contribution < -0.4 is 5.84 Å². The lowest BCUT2D eigenvalue weighted by atomic mass is 10.0. The van der Waals surface area contributed by atoms with Gasteiger partial charge in [-0.05, 0) is 31.4 Å². The van der Waals surface area contributed by atoms with Gasteiger partial charge in [0.1, 0.15) is 0 Å². The van der Waals surface area contributed by atoms with E-state index in [0.717, 1.165) is 0 Å². The molecule has 21 heavy (non-hydrogen) atoms. The molecule has 1 heterocycles. The van der Waals surface area contributed by atoms with E-state index >= 15 is 0 Å². The maximum atomic E-state index is 5.27. The predicted molar refractivity (Wildman–Crippen MR) is 96.4 cm³/mol. The fourth-order valence-corrected chi connectivity index (χ4v) is 3.71. The summed E-state index contributed by atoms with van der Waals surface area (Å²) in [5, 5.41) is 3.66. The molecule has 1 aromatic heterocycles. The van der Waals surface area contributed by atoms with Crippen LogP contribution in [-0.2, 0) is 6.42 Å². The molecule has 2 N–H and O–H groups in total. The van der Waals surface area contributed by atoms with E-state index in [2.05, 4.69) is 25.0 Å². The zero-order valence-corrected chi connectivity index (χ0v) is 14.7. The Balaban J connectivity index is 2.04. The Kier molecular flexibility index (Phi) is 10.2. The van der Waals surface area contributed by atoms with Crippen molar-refractivity contribution >= 4 is 17.6 Å². The van der Waals surface area contributed by atoms with Gasteiger partial charge in [-0.25, -0.2) is 0 Å². The zero-order chi connectivity index (χ0) is 15.3. The molecule has 0 radical (unpaired) electrons. The van der Waals surface area contributed by atoms with Crippen molar-refractivity contribution in [3.05, 3.63) is 21.4 Å². The highest BCUT2D eigenvalue weighted by Gasteiger charge is 2.04. The third kappa shape index (κ3) is 8.25. The highest BCUT2D eigenvalue weighted by Crippen LogP contribution is 2.22. The quantitative estimate of drug-likeness (QED) is 0.225. The van der Waals surface area contributed by atoms with Crippen LogP contribution in [0.15, 0.2) is 11.2 Å². The van der Waals surface area contributed by atoms with Crippen molar-refractivity contribution in [1.29, 1.82) is 0 Å². The summed E-state index contributed by atoms with van der Waals surface area (Å²) in [7, 11) is 0. The highest BCUT2D eigenvalue weighted by molar-refractivity contribution is 7.13. The molecule has 0 aromatic carbocycles. The Bertz CT molecular complexity index is 396. The first-order chi connectivity index (χ1) is 10.3. The second-order valence-electron chi connectivity index (χ2n) is 5.96. The lowest BCUT2D eigenvalue weighted by molar-refractivity contribution is 0.556. The normalized spacial score (nSPS) is 11.5. The van der Waals surface area contributed by atoms with Crippen LogP contribution in [-0.4, -0.2) is 6.21 Å². The summed E-state index contributed by atoms with van der Waals surface area (Å²) in [4.78, 5) is 2.60. The predicted octanol–water partition coefficient (Wildman–Crippen LogP) is 5.81. The number of unbranched alkanes of at least 4 members (excludes halogenated alkanes) is 9. The number of nitrogens with zero attached hydrogens (tertiary/aromatic N) is 1. The first kappa shape index (κ1) is 18.2. The van der Waals surface area contributed by atoms with Gasteiger partial charge in [-0.15, -0.1) is 11.3 Å². The zero-order valence-electron chi connectivity index (χ0n) is 13.9. The number of nitrogens with two attached hydrogens (primary N) is 1. The van der Waals surface area contributed by atoms with E-state index in [0.29, 0.717) is 0 Å². The van der Waals surface area contributed by atoms with Gasteiger partial charge in [-0.3, -0.25) is 0 Å². The van der Waals surface area contributed by atoms with E-state index in [4.69, 9.17) is 5.84 Å². The summed E-state index contributed by atoms with van der Waals surface area (Å²) >= 11 is 1.79. The van der Waals surface area contributed by atoms with Crippen molar-refractivity contribution in [1.82, 2.24) is 0 Å². The minimum atomic E-state index is 1.17. The molecule has 0 amide bonds. The summed E-state index contributed by atoms with van der Waals surface area (Å²) in [5.74, 6) is 5.27. The summed E-state index contributed by atoms with van der Waals surface area (Å²) < 4.78 is 0. The van der Waals surface area contributed by atoms with Crippen LogP contribution in [0.1, 0.15) is 86.4 Å². The van der Waals surface area contributed by atoms with Gasteiger partial charge in [0.2, 0.25) is 0 Å². The number of hydrazone groups is 1. The Labute approximate surface area is 134 Å². The molecule has 0 aliphatic rings. The van der Waals surface area contributed by atoms with Crippen LogP contribution in [0.2, 0.25) is 0 Å². The first-order valence-corrected chi connectivity index (χ1v) is 9.42. The number of hydrogen-bond donors (Lipinski definition) is 1. The number of hydrogen-bond acceptors (Lipinski definition) is 3. The van der Waals surface area contributed by atoms with Gasteiger partial charge in [-0.1, -0.05) is 64.7 Å². The lowest BCUT2D eigenvalue weighted by Crippen LogP contribution is -1.90. The minimum absolute atomic E-state index is 1.17. The molecule has 1 rings (SSSR count). The van der Waals surface area contributed by atoms with Gasteiger partial charge in [0, 0.05) is 4.88 Å². The van der Waals surface area contributed by atoms with Crippen molar-refractivity contribution in [2.24, 2.45) is 10.9 Å². The first-order valence-electron chi connectivity index (χ1n) is 8.60. The smallest absolute Gasteiger partial charge is 0.0640 e. The molecule has 0 saturated carbocycles. The second-order valence-corrected chi connectivity index (χ2v) is 7.24. The SMILES string of the molecule is CCCCCCCCCCCCc1cc(C)sc1C=NN. The summed E-state index contributed by atoms with van der Waals surface area (Å²) in [5.41, 5.74) is 1.42. The van der Waals surface area contributed by atoms with Crippen molar-refractivity contribution in [3.8, 4) is 0 Å². The number of rotatable bonds is 12. The maximum Gasteiger partial charge on any atom is 0.0640 e. The van der Waals surface area contributed by atoms with Crippen LogP contribution in [0.4, 0.5) is 0 Å². The third-order valence-electron chi connectivity index (χ3n) is 3.96. The molecule has 0 bridgehead atoms. The summed E-state index contributed by atoms with van der Waals surface area (Å²) in [6, 6.07) is 2.29. The Morgan fingerprint density at radius 2 is 1.57 bits per heavy atom. The van der Waals surface area contributed by atoms with Crippen LogP contribution in [0.25, 0.3) is 0 Å². The lowest BCUT2D eigenvalue weighted by Gasteiger charge is -2.02. The molecule has 0 fully saturated rings. The van der Waals surface area contributed by atoms with E-state index < -0.39 is 0 Å². The van der Waals surface area contributed by atoms with Gasteiger partial charge >= 0.3 is 0 Å². The van der Waals surface area contributed by atoms with Crippen molar-refractivity contribution in [3.63, 3.8) is 0 Å². The monoisotopic (exact) mass is 308 g/mol. The molecule has 0 unspecified atom stereocenters. The molecule has 0 aliphatic heterocycles. The molecule has 0 atom stereocenters. The molecule has 0 aliphatic carbocycles. The van der Waals surface area contributed by atoms with Crippen LogP contribution in [0.3, 0.4) is 0 Å². The molecule has 3 heteroatoms. The molecule has 2 nitrogen and oxygen atoms in total. The van der Waals surface area contributed by atoms with E-state index in [-0.39, 0.29) is 0 Å². The van der Waals surface area contributed by atoms with Gasteiger partial charge in [-0.2, -0.15) is 5.10 Å². The standard InChI is InChI=1S/C18H32N2S/c1-3-4-5-6-7-8-9-10-11-12-13-17-14-16(2)21-18(17)15-20-19/h14-15H,3-13,19H2,1-2H3. The average Bonchev–Trinajstić information content (AvgIpc) is 2.81. The molecular weight excluding hydrogens is 276 g/mol. The van der Waals surface area contributed by atoms with Gasteiger partial charge < -0.3 is 5.84 Å². The van der Waals surface area contributed by atoms with Crippen LogP contribution in [0.5, 0.6) is 0 Å². The van der Waals surface area contributed by atoms with Gasteiger partial charge in [0.25, 0.3) is 0 Å². The number of thiophene rings is 1. The van der Waals surface area contributed by atoms with E-state index in [9.17, 15) is 0 Å². The fraction of sp³-hybridized carbons (Fsp3) is 0.722. The largest absolute Gasteiger partial charge is 0.323 e. The third-order valence-corrected chi connectivity index (χ3v) is 4.98. The van der Waals surface area contributed by atoms with E-state index in [1.807, 2.05) is 0 Å². The van der Waals surface area contributed by atoms with Crippen LogP contribution >= 0.6 is 11.3 Å². The molecule has 1 aromatic rings. The average molecular weight is 309 g/mol. The topological polar surface area (TPSA) is 38.4 Å². The highest BCUT2D eigenvalue weighted by atomic mass is 32.1. The maximum absolute atomic E-state index is 5.27. The molecular formula is C18H32N2S. The Hall–Kier alpha value is -0.830.